The molecule has 0 spiro atoms. The molecule has 1 N–H and O–H groups in total. The van der Waals surface area contributed by atoms with Crippen LogP contribution in [-0.4, -0.2) is 51.4 Å². The van der Waals surface area contributed by atoms with E-state index in [9.17, 15) is 9.59 Å². The lowest BCUT2D eigenvalue weighted by Crippen LogP contribution is -2.76. The molecular weight excluding hydrogens is 250 g/mol. The van der Waals surface area contributed by atoms with Crippen LogP contribution in [0, 0.1) is 0 Å². The van der Waals surface area contributed by atoms with E-state index in [0.717, 1.165) is 0 Å². The zero-order valence-electron chi connectivity index (χ0n) is 12.0. The van der Waals surface area contributed by atoms with Gasteiger partial charge in [0.1, 0.15) is 0 Å². The Hall–Kier alpha value is 0.0806. The summed E-state index contributed by atoms with van der Waals surface area (Å²) in [6, 6.07) is 0. The molecule has 96 valence electrons. The van der Waals surface area contributed by atoms with Gasteiger partial charge in [-0.2, -0.15) is 0 Å². The molecule has 0 saturated heterocycles. The first-order valence-corrected chi connectivity index (χ1v) is 16.9. The maximum Gasteiger partial charge on any atom is 0.218 e. The van der Waals surface area contributed by atoms with Crippen molar-refractivity contribution in [3.8, 4) is 0 Å². The number of nitrogens with zero attached hydrogens (tertiary/aromatic N) is 1. The third-order valence-electron chi connectivity index (χ3n) is 3.49. The van der Waals surface area contributed by atoms with Gasteiger partial charge in [0.2, 0.25) is 5.91 Å². The number of rotatable bonds is 4. The Kier molecular flexibility index (Phi) is 4.78. The SMILES string of the molecule is CC(=O)N(C)C[Si](O)([Si](C)(C)C)[Si](C)(C)C. The van der Waals surface area contributed by atoms with E-state index in [4.69, 9.17) is 0 Å². The summed E-state index contributed by atoms with van der Waals surface area (Å²) >= 11 is 0. The molecule has 0 aliphatic carbocycles. The quantitative estimate of drug-likeness (QED) is 0.796. The molecule has 1 amide bonds. The first-order chi connectivity index (χ1) is 6.83. The van der Waals surface area contributed by atoms with Crippen LogP contribution in [0.1, 0.15) is 6.92 Å². The van der Waals surface area contributed by atoms with Crippen LogP contribution in [0.3, 0.4) is 0 Å². The molecule has 3 nitrogen and oxygen atoms in total. The van der Waals surface area contributed by atoms with Crippen molar-refractivity contribution in [2.45, 2.75) is 46.2 Å². The normalized spacial score (nSPS) is 13.8. The highest BCUT2D eigenvalue weighted by Gasteiger charge is 2.55. The topological polar surface area (TPSA) is 40.5 Å². The van der Waals surface area contributed by atoms with Crippen LogP contribution in [0.25, 0.3) is 0 Å². The van der Waals surface area contributed by atoms with Gasteiger partial charge in [-0.1, -0.05) is 39.3 Å². The molecule has 6 heteroatoms. The fraction of sp³-hybridized carbons (Fsp3) is 0.900. The minimum atomic E-state index is -2.30. The summed E-state index contributed by atoms with van der Waals surface area (Å²) in [6.45, 7) is 15.0. The van der Waals surface area contributed by atoms with Crippen molar-refractivity contribution in [2.24, 2.45) is 0 Å². The van der Waals surface area contributed by atoms with E-state index >= 15 is 0 Å². The largest absolute Gasteiger partial charge is 0.435 e. The summed E-state index contributed by atoms with van der Waals surface area (Å²) in [7, 11) is -3.67. The molecule has 0 heterocycles. The fourth-order valence-electron chi connectivity index (χ4n) is 2.05. The van der Waals surface area contributed by atoms with Gasteiger partial charge in [0.25, 0.3) is 0 Å². The van der Waals surface area contributed by atoms with E-state index in [0.29, 0.717) is 6.17 Å². The van der Waals surface area contributed by atoms with Gasteiger partial charge < -0.3 is 9.70 Å². The minimum Gasteiger partial charge on any atom is -0.435 e. The van der Waals surface area contributed by atoms with Gasteiger partial charge in [-0.15, -0.1) is 0 Å². The highest BCUT2D eigenvalue weighted by molar-refractivity contribution is 7.66. The molecule has 0 rings (SSSR count). The predicted molar refractivity (Wildman–Crippen MR) is 78.0 cm³/mol. The first kappa shape index (κ1) is 16.1. The second-order valence-corrected chi connectivity index (χ2v) is 33.2. The molecule has 0 aromatic rings. The summed E-state index contributed by atoms with van der Waals surface area (Å²) < 4.78 is 0. The maximum atomic E-state index is 11.3. The van der Waals surface area contributed by atoms with Crippen LogP contribution in [0.2, 0.25) is 39.3 Å². The van der Waals surface area contributed by atoms with E-state index < -0.39 is 22.5 Å². The lowest BCUT2D eigenvalue weighted by atomic mass is 10.6. The average Bonchev–Trinajstić information content (AvgIpc) is 1.99. The number of carbonyl (C=O) groups is 1. The lowest BCUT2D eigenvalue weighted by molar-refractivity contribution is -0.126. The maximum absolute atomic E-state index is 11.3. The molecule has 0 atom stereocenters. The number of hydrogen-bond donors (Lipinski definition) is 1. The van der Waals surface area contributed by atoms with Crippen LogP contribution >= 0.6 is 0 Å². The van der Waals surface area contributed by atoms with Gasteiger partial charge in [-0.05, 0) is 0 Å². The first-order valence-electron chi connectivity index (χ1n) is 5.77. The Morgan fingerprint density at radius 2 is 1.38 bits per heavy atom. The molecule has 0 bridgehead atoms. The molecule has 0 aliphatic heterocycles. The Morgan fingerprint density at radius 3 is 1.56 bits per heavy atom. The molecule has 0 unspecified atom stereocenters. The predicted octanol–water partition coefficient (Wildman–Crippen LogP) is 1.77. The Labute approximate surface area is 103 Å². The summed E-state index contributed by atoms with van der Waals surface area (Å²) in [5, 5.41) is 0. The van der Waals surface area contributed by atoms with Crippen LogP contribution < -0.4 is 0 Å². The Bertz CT molecular complexity index is 254. The van der Waals surface area contributed by atoms with Gasteiger partial charge in [0, 0.05) is 20.1 Å². The van der Waals surface area contributed by atoms with Crippen molar-refractivity contribution in [1.82, 2.24) is 4.90 Å². The van der Waals surface area contributed by atoms with Crippen molar-refractivity contribution in [1.29, 1.82) is 0 Å². The Balaban J connectivity index is 5.21. The summed E-state index contributed by atoms with van der Waals surface area (Å²) in [4.78, 5) is 24.2. The summed E-state index contributed by atoms with van der Waals surface area (Å²) in [5.74, 6) is 0.0578. The van der Waals surface area contributed by atoms with Crippen molar-refractivity contribution in [3.05, 3.63) is 0 Å². The average molecular weight is 278 g/mol. The van der Waals surface area contributed by atoms with Crippen molar-refractivity contribution in [3.63, 3.8) is 0 Å². The smallest absolute Gasteiger partial charge is 0.218 e. The van der Waals surface area contributed by atoms with Crippen molar-refractivity contribution < 1.29 is 9.59 Å². The highest BCUT2D eigenvalue weighted by Crippen LogP contribution is 2.27. The zero-order chi connectivity index (χ0) is 13.4. The second kappa shape index (κ2) is 4.75. The minimum absolute atomic E-state index is 0.0578. The molecule has 0 saturated carbocycles. The van der Waals surface area contributed by atoms with Crippen LogP contribution in [0.15, 0.2) is 0 Å². The third kappa shape index (κ3) is 3.29. The lowest BCUT2D eigenvalue weighted by Gasteiger charge is -2.46. The number of hydrogen-bond acceptors (Lipinski definition) is 2. The van der Waals surface area contributed by atoms with Gasteiger partial charge in [0.15, 0.2) is 7.35 Å². The Morgan fingerprint density at radius 1 is 1.06 bits per heavy atom. The van der Waals surface area contributed by atoms with Gasteiger partial charge >= 0.3 is 0 Å². The second-order valence-electron chi connectivity index (χ2n) is 6.74. The van der Waals surface area contributed by atoms with Gasteiger partial charge in [-0.3, -0.25) is 4.79 Å². The van der Waals surface area contributed by atoms with Gasteiger partial charge in [0.05, 0.1) is 15.2 Å². The van der Waals surface area contributed by atoms with E-state index in [1.54, 1.807) is 18.9 Å². The van der Waals surface area contributed by atoms with Crippen LogP contribution in [0.4, 0.5) is 0 Å². The van der Waals surface area contributed by atoms with E-state index in [-0.39, 0.29) is 5.91 Å². The molecule has 0 aromatic carbocycles. The standard InChI is InChI=1S/C10H27NO2Si3/c1-10(12)11(2)9-16(13,14(3,4)5)15(6,7)8/h13H,9H2,1-8H3. The molecule has 16 heavy (non-hydrogen) atoms. The fourth-order valence-corrected chi connectivity index (χ4v) is 37.4. The summed E-state index contributed by atoms with van der Waals surface area (Å²) in [5.41, 5.74) is 0. The molecule has 0 aliphatic rings. The summed E-state index contributed by atoms with van der Waals surface area (Å²) in [6.07, 6.45) is 0.619. The van der Waals surface area contributed by atoms with E-state index in [1.165, 1.54) is 0 Å². The molecule has 0 fully saturated rings. The molecular formula is C10H27NO2Si3. The zero-order valence-corrected chi connectivity index (χ0v) is 15.0. The van der Waals surface area contributed by atoms with E-state index in [2.05, 4.69) is 39.3 Å². The highest BCUT2D eigenvalue weighted by atomic mass is 29.7. The molecule has 0 radical (unpaired) electrons. The third-order valence-corrected chi connectivity index (χ3v) is 38.7. The molecule has 0 aromatic heterocycles. The number of amides is 1. The monoisotopic (exact) mass is 277 g/mol. The van der Waals surface area contributed by atoms with Crippen LogP contribution in [-0.2, 0) is 4.79 Å². The van der Waals surface area contributed by atoms with Crippen molar-refractivity contribution >= 4 is 28.4 Å². The van der Waals surface area contributed by atoms with Crippen molar-refractivity contribution in [2.75, 3.05) is 13.2 Å². The number of carbonyl (C=O) groups excluding carboxylic acids is 1. The van der Waals surface area contributed by atoms with Gasteiger partial charge in [-0.25, -0.2) is 0 Å². The van der Waals surface area contributed by atoms with E-state index in [1.807, 2.05) is 0 Å². The van der Waals surface area contributed by atoms with Crippen LogP contribution in [0.5, 0.6) is 0 Å².